The molecule has 1 atom stereocenters. The summed E-state index contributed by atoms with van der Waals surface area (Å²) in [7, 11) is 1.40. The lowest BCUT2D eigenvalue weighted by atomic mass is 9.97. The fourth-order valence-corrected chi connectivity index (χ4v) is 2.36. The fraction of sp³-hybridized carbons (Fsp3) is 0.846. The van der Waals surface area contributed by atoms with Gasteiger partial charge in [0.05, 0.1) is 13.0 Å². The minimum Gasteiger partial charge on any atom is -0.469 e. The zero-order chi connectivity index (χ0) is 14.1. The van der Waals surface area contributed by atoms with Gasteiger partial charge in [-0.25, -0.2) is 0 Å². The molecular formula is C13H25N3O3. The van der Waals surface area contributed by atoms with Crippen LogP contribution in [0.1, 0.15) is 25.7 Å². The van der Waals surface area contributed by atoms with Gasteiger partial charge in [0, 0.05) is 26.1 Å². The van der Waals surface area contributed by atoms with Crippen molar-refractivity contribution in [3.63, 3.8) is 0 Å². The zero-order valence-corrected chi connectivity index (χ0v) is 11.7. The van der Waals surface area contributed by atoms with E-state index in [-0.39, 0.29) is 17.8 Å². The molecule has 6 nitrogen and oxygen atoms in total. The lowest BCUT2D eigenvalue weighted by Crippen LogP contribution is -2.44. The predicted octanol–water partition coefficient (Wildman–Crippen LogP) is -0.273. The Morgan fingerprint density at radius 1 is 1.47 bits per heavy atom. The number of rotatable bonds is 7. The zero-order valence-electron chi connectivity index (χ0n) is 11.7. The van der Waals surface area contributed by atoms with Crippen molar-refractivity contribution < 1.29 is 14.3 Å². The third-order valence-electron chi connectivity index (χ3n) is 3.40. The molecule has 0 bridgehead atoms. The monoisotopic (exact) mass is 271 g/mol. The molecule has 6 heteroatoms. The molecule has 1 fully saturated rings. The summed E-state index contributed by atoms with van der Waals surface area (Å²) in [5, 5.41) is 2.84. The third-order valence-corrected chi connectivity index (χ3v) is 3.40. The Balaban J connectivity index is 2.25. The number of amides is 1. The fourth-order valence-electron chi connectivity index (χ4n) is 2.36. The van der Waals surface area contributed by atoms with E-state index in [1.54, 1.807) is 0 Å². The quantitative estimate of drug-likeness (QED) is 0.623. The average Bonchev–Trinajstić information content (AvgIpc) is 2.44. The summed E-state index contributed by atoms with van der Waals surface area (Å²) in [4.78, 5) is 25.1. The molecule has 1 heterocycles. The van der Waals surface area contributed by atoms with E-state index in [4.69, 9.17) is 5.73 Å². The highest BCUT2D eigenvalue weighted by Crippen LogP contribution is 2.17. The molecule has 0 saturated carbocycles. The van der Waals surface area contributed by atoms with Crippen LogP contribution < -0.4 is 11.1 Å². The van der Waals surface area contributed by atoms with E-state index in [0.717, 1.165) is 38.9 Å². The molecule has 1 rings (SSSR count). The summed E-state index contributed by atoms with van der Waals surface area (Å²) in [6.07, 6.45) is 3.18. The van der Waals surface area contributed by atoms with Crippen LogP contribution in [-0.2, 0) is 14.3 Å². The molecule has 0 aromatic carbocycles. The first-order chi connectivity index (χ1) is 9.17. The number of methoxy groups -OCH3 is 1. The van der Waals surface area contributed by atoms with Gasteiger partial charge < -0.3 is 20.7 Å². The van der Waals surface area contributed by atoms with Gasteiger partial charge >= 0.3 is 5.97 Å². The Morgan fingerprint density at radius 2 is 2.26 bits per heavy atom. The maximum Gasteiger partial charge on any atom is 0.305 e. The maximum atomic E-state index is 11.9. The molecule has 0 spiro atoms. The Bertz CT molecular complexity index is 297. The van der Waals surface area contributed by atoms with Crippen molar-refractivity contribution in [2.75, 3.05) is 39.8 Å². The number of nitrogens with two attached hydrogens (primary N) is 1. The molecule has 1 saturated heterocycles. The van der Waals surface area contributed by atoms with E-state index in [0.29, 0.717) is 19.5 Å². The van der Waals surface area contributed by atoms with Crippen molar-refractivity contribution in [1.82, 2.24) is 10.2 Å². The van der Waals surface area contributed by atoms with E-state index >= 15 is 0 Å². The van der Waals surface area contributed by atoms with E-state index in [2.05, 4.69) is 15.0 Å². The second-order valence-electron chi connectivity index (χ2n) is 4.90. The second-order valence-corrected chi connectivity index (χ2v) is 4.90. The topological polar surface area (TPSA) is 84.7 Å². The SMILES string of the molecule is COC(=O)CCCN1CCCC(C(=O)NCCN)C1. The van der Waals surface area contributed by atoms with Crippen LogP contribution in [0.5, 0.6) is 0 Å². The second kappa shape index (κ2) is 8.87. The van der Waals surface area contributed by atoms with Crippen LogP contribution >= 0.6 is 0 Å². The van der Waals surface area contributed by atoms with Gasteiger partial charge in [-0.3, -0.25) is 9.59 Å². The molecule has 1 aliphatic rings. The van der Waals surface area contributed by atoms with Crippen molar-refractivity contribution in [3.8, 4) is 0 Å². The first kappa shape index (κ1) is 15.9. The van der Waals surface area contributed by atoms with Crippen molar-refractivity contribution in [3.05, 3.63) is 0 Å². The number of likely N-dealkylation sites (tertiary alicyclic amines) is 1. The predicted molar refractivity (Wildman–Crippen MR) is 72.5 cm³/mol. The number of esters is 1. The van der Waals surface area contributed by atoms with Crippen LogP contribution in [0.2, 0.25) is 0 Å². The number of carbonyl (C=O) groups is 2. The van der Waals surface area contributed by atoms with Crippen LogP contribution in [0.25, 0.3) is 0 Å². The van der Waals surface area contributed by atoms with E-state index in [9.17, 15) is 9.59 Å². The minimum absolute atomic E-state index is 0.0541. The maximum absolute atomic E-state index is 11.9. The molecule has 0 aromatic heterocycles. The van der Waals surface area contributed by atoms with E-state index < -0.39 is 0 Å². The van der Waals surface area contributed by atoms with Crippen LogP contribution in [0, 0.1) is 5.92 Å². The number of piperidine rings is 1. The summed E-state index contributed by atoms with van der Waals surface area (Å²) in [5.41, 5.74) is 5.37. The smallest absolute Gasteiger partial charge is 0.305 e. The first-order valence-electron chi connectivity index (χ1n) is 6.94. The summed E-state index contributed by atoms with van der Waals surface area (Å²) in [5.74, 6) is -0.0178. The van der Waals surface area contributed by atoms with Crippen molar-refractivity contribution in [2.24, 2.45) is 11.7 Å². The highest BCUT2D eigenvalue weighted by Gasteiger charge is 2.25. The van der Waals surface area contributed by atoms with Crippen LogP contribution in [-0.4, -0.2) is 56.6 Å². The average molecular weight is 271 g/mol. The summed E-state index contributed by atoms with van der Waals surface area (Å²) in [6.45, 7) is 3.63. The molecule has 1 unspecified atom stereocenters. The normalized spacial score (nSPS) is 20.0. The lowest BCUT2D eigenvalue weighted by Gasteiger charge is -2.31. The Kier molecular flexibility index (Phi) is 7.43. The molecule has 0 aromatic rings. The Hall–Kier alpha value is -1.14. The van der Waals surface area contributed by atoms with Gasteiger partial charge in [0.1, 0.15) is 0 Å². The number of hydrogen-bond acceptors (Lipinski definition) is 5. The molecule has 110 valence electrons. The standard InChI is InChI=1S/C13H25N3O3/c1-19-12(17)5-3-9-16-8-2-4-11(10-16)13(18)15-7-6-14/h11H,2-10,14H2,1H3,(H,15,18). The third kappa shape index (κ3) is 6.02. The highest BCUT2D eigenvalue weighted by molar-refractivity contribution is 5.78. The molecule has 19 heavy (non-hydrogen) atoms. The molecule has 3 N–H and O–H groups in total. The Morgan fingerprint density at radius 3 is 2.95 bits per heavy atom. The summed E-state index contributed by atoms with van der Waals surface area (Å²) >= 11 is 0. The van der Waals surface area contributed by atoms with Gasteiger partial charge in [0.2, 0.25) is 5.91 Å². The van der Waals surface area contributed by atoms with Crippen molar-refractivity contribution >= 4 is 11.9 Å². The number of nitrogens with one attached hydrogen (secondary N) is 1. The highest BCUT2D eigenvalue weighted by atomic mass is 16.5. The lowest BCUT2D eigenvalue weighted by molar-refractivity contribution is -0.140. The molecular weight excluding hydrogens is 246 g/mol. The van der Waals surface area contributed by atoms with Gasteiger partial charge in [-0.15, -0.1) is 0 Å². The van der Waals surface area contributed by atoms with Crippen molar-refractivity contribution in [1.29, 1.82) is 0 Å². The van der Waals surface area contributed by atoms with Gasteiger partial charge in [-0.05, 0) is 32.4 Å². The number of carbonyl (C=O) groups excluding carboxylic acids is 2. The summed E-state index contributed by atoms with van der Waals surface area (Å²) < 4.78 is 4.61. The van der Waals surface area contributed by atoms with Gasteiger partial charge in [0.25, 0.3) is 0 Å². The van der Waals surface area contributed by atoms with Crippen LogP contribution in [0.15, 0.2) is 0 Å². The molecule has 0 aliphatic carbocycles. The van der Waals surface area contributed by atoms with Crippen molar-refractivity contribution in [2.45, 2.75) is 25.7 Å². The number of nitrogens with zero attached hydrogens (tertiary/aromatic N) is 1. The van der Waals surface area contributed by atoms with Crippen LogP contribution in [0.3, 0.4) is 0 Å². The van der Waals surface area contributed by atoms with Crippen LogP contribution in [0.4, 0.5) is 0 Å². The van der Waals surface area contributed by atoms with E-state index in [1.165, 1.54) is 7.11 Å². The summed E-state index contributed by atoms with van der Waals surface area (Å²) in [6, 6.07) is 0. The van der Waals surface area contributed by atoms with Gasteiger partial charge in [0.15, 0.2) is 0 Å². The minimum atomic E-state index is -0.172. The largest absolute Gasteiger partial charge is 0.469 e. The number of hydrogen-bond donors (Lipinski definition) is 2. The molecule has 0 radical (unpaired) electrons. The Labute approximate surface area is 114 Å². The van der Waals surface area contributed by atoms with E-state index in [1.807, 2.05) is 0 Å². The molecule has 1 amide bonds. The van der Waals surface area contributed by atoms with Gasteiger partial charge in [-0.2, -0.15) is 0 Å². The van der Waals surface area contributed by atoms with Gasteiger partial charge in [-0.1, -0.05) is 0 Å². The molecule has 1 aliphatic heterocycles. The number of ether oxygens (including phenoxy) is 1. The first-order valence-corrected chi connectivity index (χ1v) is 6.94.